The quantitative estimate of drug-likeness (QED) is 0.519. The summed E-state index contributed by atoms with van der Waals surface area (Å²) in [6.07, 6.45) is 4.29. The smallest absolute Gasteiger partial charge is 0.265 e. The summed E-state index contributed by atoms with van der Waals surface area (Å²) in [7, 11) is 1.63. The van der Waals surface area contributed by atoms with Gasteiger partial charge in [-0.05, 0) is 31.0 Å². The molecule has 0 atom stereocenters. The monoisotopic (exact) mass is 368 g/mol. The van der Waals surface area contributed by atoms with Crippen LogP contribution in [0.25, 0.3) is 0 Å². The summed E-state index contributed by atoms with van der Waals surface area (Å²) in [5.74, 6) is 0.356. The highest BCUT2D eigenvalue weighted by Gasteiger charge is 2.19. The van der Waals surface area contributed by atoms with E-state index in [0.29, 0.717) is 16.8 Å². The molecular weight excluding hydrogens is 352 g/mol. The van der Waals surface area contributed by atoms with Crippen LogP contribution < -0.4 is 4.74 Å². The van der Waals surface area contributed by atoms with Crippen LogP contribution in [-0.2, 0) is 9.05 Å². The first-order valence-corrected chi connectivity index (χ1v) is 9.34. The normalized spacial score (nSPS) is 11.6. The van der Waals surface area contributed by atoms with Crippen LogP contribution in [0.5, 0.6) is 5.75 Å². The van der Waals surface area contributed by atoms with Gasteiger partial charge in [0.05, 0.1) is 6.61 Å². The standard InChI is InChI=1S/C13H18BrClO3S/c1-3-4-5-6-7-18-13-10(2)8-11(14)9-12(13)19(15,16)17/h8-9H,3-7H2,1-2H3. The molecule has 0 N–H and O–H groups in total. The fourth-order valence-electron chi connectivity index (χ4n) is 1.77. The zero-order valence-corrected chi connectivity index (χ0v) is 14.2. The minimum atomic E-state index is -3.81. The van der Waals surface area contributed by atoms with Crippen LogP contribution >= 0.6 is 26.6 Å². The first-order chi connectivity index (χ1) is 8.86. The molecule has 0 heterocycles. The molecule has 0 amide bonds. The lowest BCUT2D eigenvalue weighted by Gasteiger charge is -2.13. The van der Waals surface area contributed by atoms with Gasteiger partial charge in [-0.25, -0.2) is 8.42 Å². The van der Waals surface area contributed by atoms with Gasteiger partial charge in [-0.1, -0.05) is 42.1 Å². The van der Waals surface area contributed by atoms with Crippen LogP contribution in [0, 0.1) is 6.92 Å². The van der Waals surface area contributed by atoms with Crippen LogP contribution in [0.3, 0.4) is 0 Å². The maximum atomic E-state index is 11.6. The topological polar surface area (TPSA) is 43.4 Å². The van der Waals surface area contributed by atoms with Gasteiger partial charge in [-0.15, -0.1) is 0 Å². The van der Waals surface area contributed by atoms with E-state index in [4.69, 9.17) is 15.4 Å². The Bertz CT molecular complexity index is 529. The number of benzene rings is 1. The van der Waals surface area contributed by atoms with Gasteiger partial charge >= 0.3 is 0 Å². The minimum Gasteiger partial charge on any atom is -0.492 e. The molecule has 0 saturated heterocycles. The highest BCUT2D eigenvalue weighted by atomic mass is 79.9. The highest BCUT2D eigenvalue weighted by molar-refractivity contribution is 9.10. The highest BCUT2D eigenvalue weighted by Crippen LogP contribution is 2.33. The van der Waals surface area contributed by atoms with Crippen molar-refractivity contribution in [3.05, 3.63) is 22.2 Å². The second-order valence-corrected chi connectivity index (χ2v) is 7.85. The third-order valence-corrected chi connectivity index (χ3v) is 4.50. The van der Waals surface area contributed by atoms with E-state index in [2.05, 4.69) is 22.9 Å². The Morgan fingerprint density at radius 1 is 1.26 bits per heavy atom. The summed E-state index contributed by atoms with van der Waals surface area (Å²) in [6.45, 7) is 4.44. The van der Waals surface area contributed by atoms with Gasteiger partial charge < -0.3 is 4.74 Å². The third-order valence-electron chi connectivity index (χ3n) is 2.71. The Morgan fingerprint density at radius 3 is 2.53 bits per heavy atom. The van der Waals surface area contributed by atoms with Crippen LogP contribution in [0.2, 0.25) is 0 Å². The Hall–Kier alpha value is -0.260. The summed E-state index contributed by atoms with van der Waals surface area (Å²) in [6, 6.07) is 3.28. The maximum Gasteiger partial charge on any atom is 0.265 e. The van der Waals surface area contributed by atoms with Crippen molar-refractivity contribution in [3.8, 4) is 5.75 Å². The van der Waals surface area contributed by atoms with E-state index in [9.17, 15) is 8.42 Å². The molecule has 108 valence electrons. The zero-order chi connectivity index (χ0) is 14.5. The fourth-order valence-corrected chi connectivity index (χ4v) is 3.55. The Kier molecular flexibility index (Phi) is 6.63. The second kappa shape index (κ2) is 7.50. The molecule has 0 aromatic heterocycles. The number of halogens is 2. The molecule has 1 rings (SSSR count). The molecule has 0 fully saturated rings. The number of hydrogen-bond acceptors (Lipinski definition) is 3. The van der Waals surface area contributed by atoms with E-state index in [-0.39, 0.29) is 4.90 Å². The number of rotatable bonds is 7. The first kappa shape index (κ1) is 16.8. The molecule has 6 heteroatoms. The van der Waals surface area contributed by atoms with E-state index in [0.717, 1.165) is 31.2 Å². The summed E-state index contributed by atoms with van der Waals surface area (Å²) in [5.41, 5.74) is 0.754. The van der Waals surface area contributed by atoms with Crippen molar-refractivity contribution in [1.82, 2.24) is 0 Å². The van der Waals surface area contributed by atoms with Gasteiger partial charge in [0.1, 0.15) is 10.6 Å². The molecule has 0 saturated carbocycles. The van der Waals surface area contributed by atoms with E-state index < -0.39 is 9.05 Å². The number of ether oxygens (including phenoxy) is 1. The molecule has 1 aromatic rings. The Balaban J connectivity index is 2.87. The molecule has 0 aliphatic carbocycles. The predicted octanol–water partition coefficient (Wildman–Crippen LogP) is 4.64. The van der Waals surface area contributed by atoms with Crippen molar-refractivity contribution >= 4 is 35.7 Å². The molecule has 0 bridgehead atoms. The zero-order valence-electron chi connectivity index (χ0n) is 11.1. The number of hydrogen-bond donors (Lipinski definition) is 0. The molecule has 0 aliphatic rings. The van der Waals surface area contributed by atoms with Crippen molar-refractivity contribution in [3.63, 3.8) is 0 Å². The van der Waals surface area contributed by atoms with E-state index in [1.165, 1.54) is 6.07 Å². The lowest BCUT2D eigenvalue weighted by Crippen LogP contribution is -2.04. The van der Waals surface area contributed by atoms with Gasteiger partial charge in [-0.3, -0.25) is 0 Å². The summed E-state index contributed by atoms with van der Waals surface area (Å²) in [4.78, 5) is 0.0246. The van der Waals surface area contributed by atoms with Crippen LogP contribution in [0.4, 0.5) is 0 Å². The molecule has 0 unspecified atom stereocenters. The lowest BCUT2D eigenvalue weighted by molar-refractivity contribution is 0.295. The van der Waals surface area contributed by atoms with Crippen LogP contribution in [0.15, 0.2) is 21.5 Å². The Morgan fingerprint density at radius 2 is 1.95 bits per heavy atom. The van der Waals surface area contributed by atoms with Crippen molar-refractivity contribution in [2.24, 2.45) is 0 Å². The maximum absolute atomic E-state index is 11.6. The molecule has 0 spiro atoms. The van der Waals surface area contributed by atoms with Crippen LogP contribution in [0.1, 0.15) is 38.2 Å². The van der Waals surface area contributed by atoms with Gasteiger partial charge in [0.2, 0.25) is 0 Å². The van der Waals surface area contributed by atoms with Gasteiger partial charge in [0.15, 0.2) is 0 Å². The molecule has 3 nitrogen and oxygen atoms in total. The average Bonchev–Trinajstić information content (AvgIpc) is 2.29. The minimum absolute atomic E-state index is 0.0246. The van der Waals surface area contributed by atoms with Gasteiger partial charge in [0.25, 0.3) is 9.05 Å². The van der Waals surface area contributed by atoms with Crippen molar-refractivity contribution < 1.29 is 13.2 Å². The molecule has 19 heavy (non-hydrogen) atoms. The molecule has 0 aliphatic heterocycles. The number of aryl methyl sites for hydroxylation is 1. The van der Waals surface area contributed by atoms with E-state index in [1.807, 2.05) is 6.07 Å². The predicted molar refractivity (Wildman–Crippen MR) is 81.6 cm³/mol. The number of unbranched alkanes of at least 4 members (excludes halogenated alkanes) is 3. The molecule has 0 radical (unpaired) electrons. The van der Waals surface area contributed by atoms with E-state index in [1.54, 1.807) is 6.92 Å². The van der Waals surface area contributed by atoms with Gasteiger partial charge in [0, 0.05) is 15.2 Å². The van der Waals surface area contributed by atoms with Crippen LogP contribution in [-0.4, -0.2) is 15.0 Å². The first-order valence-electron chi connectivity index (χ1n) is 6.24. The largest absolute Gasteiger partial charge is 0.492 e. The van der Waals surface area contributed by atoms with E-state index >= 15 is 0 Å². The molecular formula is C13H18BrClO3S. The summed E-state index contributed by atoms with van der Waals surface area (Å²) < 4.78 is 29.4. The Labute approximate surface area is 127 Å². The van der Waals surface area contributed by atoms with Crippen molar-refractivity contribution in [2.75, 3.05) is 6.61 Å². The SMILES string of the molecule is CCCCCCOc1c(C)cc(Br)cc1S(=O)(=O)Cl. The lowest BCUT2D eigenvalue weighted by atomic mass is 10.2. The average molecular weight is 370 g/mol. The molecule has 1 aromatic carbocycles. The summed E-state index contributed by atoms with van der Waals surface area (Å²) in [5, 5.41) is 0. The second-order valence-electron chi connectivity index (χ2n) is 4.40. The summed E-state index contributed by atoms with van der Waals surface area (Å²) >= 11 is 3.26. The fraction of sp³-hybridized carbons (Fsp3) is 0.538. The van der Waals surface area contributed by atoms with Crippen molar-refractivity contribution in [2.45, 2.75) is 44.4 Å². The van der Waals surface area contributed by atoms with Crippen molar-refractivity contribution in [1.29, 1.82) is 0 Å². The van der Waals surface area contributed by atoms with Gasteiger partial charge in [-0.2, -0.15) is 0 Å². The third kappa shape index (κ3) is 5.32.